The van der Waals surface area contributed by atoms with E-state index >= 15 is 0 Å². The lowest BCUT2D eigenvalue weighted by atomic mass is 9.99. The van der Waals surface area contributed by atoms with Gasteiger partial charge in [-0.1, -0.05) is 36.4 Å². The molecule has 1 saturated heterocycles. The Morgan fingerprint density at radius 3 is 1.45 bits per heavy atom. The van der Waals surface area contributed by atoms with Gasteiger partial charge in [0.15, 0.2) is 0 Å². The summed E-state index contributed by atoms with van der Waals surface area (Å²) in [5.74, 6) is 0.626. The molecule has 1 aliphatic heterocycles. The summed E-state index contributed by atoms with van der Waals surface area (Å²) in [5, 5.41) is 26.6. The fourth-order valence-electron chi connectivity index (χ4n) is 2.67. The molecule has 0 aromatic heterocycles. The van der Waals surface area contributed by atoms with Crippen molar-refractivity contribution in [1.82, 2.24) is 10.6 Å². The van der Waals surface area contributed by atoms with Gasteiger partial charge in [-0.15, -0.1) is 0 Å². The molecule has 104 valence electrons. The highest BCUT2D eigenvalue weighted by Gasteiger charge is 2.24. The summed E-state index contributed by atoms with van der Waals surface area (Å²) < 4.78 is 0. The van der Waals surface area contributed by atoms with Crippen molar-refractivity contribution in [2.24, 2.45) is 0 Å². The second kappa shape index (κ2) is 5.53. The first-order valence-electron chi connectivity index (χ1n) is 6.78. The van der Waals surface area contributed by atoms with Crippen LogP contribution in [-0.4, -0.2) is 23.3 Å². The monoisotopic (exact) mass is 270 g/mol. The van der Waals surface area contributed by atoms with Crippen LogP contribution in [0.5, 0.6) is 11.5 Å². The minimum Gasteiger partial charge on any atom is -0.508 e. The molecule has 20 heavy (non-hydrogen) atoms. The van der Waals surface area contributed by atoms with Crippen LogP contribution in [0.1, 0.15) is 23.2 Å². The molecule has 3 rings (SSSR count). The first-order chi connectivity index (χ1) is 9.75. The Morgan fingerprint density at radius 2 is 1.10 bits per heavy atom. The molecular weight excluding hydrogens is 252 g/mol. The largest absolute Gasteiger partial charge is 0.508 e. The van der Waals surface area contributed by atoms with Gasteiger partial charge in [0.2, 0.25) is 0 Å². The predicted molar refractivity (Wildman–Crippen MR) is 77.7 cm³/mol. The molecule has 0 amide bonds. The van der Waals surface area contributed by atoms with E-state index in [2.05, 4.69) is 10.6 Å². The van der Waals surface area contributed by atoms with E-state index in [-0.39, 0.29) is 12.1 Å². The van der Waals surface area contributed by atoms with Crippen LogP contribution in [-0.2, 0) is 0 Å². The number of hydrogen-bond acceptors (Lipinski definition) is 4. The van der Waals surface area contributed by atoms with E-state index in [1.807, 2.05) is 36.4 Å². The van der Waals surface area contributed by atoms with Crippen LogP contribution in [0, 0.1) is 0 Å². The number of phenols is 2. The number of rotatable bonds is 2. The molecule has 2 aromatic rings. The quantitative estimate of drug-likeness (QED) is 0.674. The zero-order valence-electron chi connectivity index (χ0n) is 11.1. The van der Waals surface area contributed by atoms with Gasteiger partial charge in [0.05, 0.1) is 0 Å². The van der Waals surface area contributed by atoms with Crippen LogP contribution in [0.15, 0.2) is 48.5 Å². The number of phenolic OH excluding ortho intramolecular Hbond substituents is 2. The van der Waals surface area contributed by atoms with Gasteiger partial charge in [-0.2, -0.15) is 0 Å². The summed E-state index contributed by atoms with van der Waals surface area (Å²) in [6.45, 7) is 1.41. The summed E-state index contributed by atoms with van der Waals surface area (Å²) >= 11 is 0. The van der Waals surface area contributed by atoms with E-state index in [1.54, 1.807) is 12.1 Å². The maximum Gasteiger partial charge on any atom is 0.120 e. The zero-order valence-corrected chi connectivity index (χ0v) is 11.1. The molecule has 0 radical (unpaired) electrons. The highest BCUT2D eigenvalue weighted by Crippen LogP contribution is 2.29. The first kappa shape index (κ1) is 13.0. The third kappa shape index (κ3) is 2.48. The van der Waals surface area contributed by atoms with Crippen LogP contribution < -0.4 is 10.6 Å². The van der Waals surface area contributed by atoms with Crippen molar-refractivity contribution in [3.05, 3.63) is 59.7 Å². The predicted octanol–water partition coefficient (Wildman–Crippen LogP) is 2.07. The maximum absolute atomic E-state index is 9.88. The van der Waals surface area contributed by atoms with E-state index in [0.29, 0.717) is 24.6 Å². The van der Waals surface area contributed by atoms with E-state index in [4.69, 9.17) is 0 Å². The second-order valence-corrected chi connectivity index (χ2v) is 5.04. The number of piperazine rings is 1. The Morgan fingerprint density at radius 1 is 0.700 bits per heavy atom. The molecule has 4 N–H and O–H groups in total. The summed E-state index contributed by atoms with van der Waals surface area (Å²) in [6, 6.07) is 14.9. The minimum atomic E-state index is 0.0818. The molecule has 4 nitrogen and oxygen atoms in total. The molecule has 2 aromatic carbocycles. The van der Waals surface area contributed by atoms with Crippen LogP contribution in [0.4, 0.5) is 0 Å². The molecule has 2 atom stereocenters. The molecule has 0 saturated carbocycles. The van der Waals surface area contributed by atoms with Gasteiger partial charge >= 0.3 is 0 Å². The second-order valence-electron chi connectivity index (χ2n) is 5.04. The van der Waals surface area contributed by atoms with E-state index in [1.165, 1.54) is 0 Å². The van der Waals surface area contributed by atoms with Gasteiger partial charge in [-0.25, -0.2) is 0 Å². The van der Waals surface area contributed by atoms with Gasteiger partial charge in [0.1, 0.15) is 11.5 Å². The topological polar surface area (TPSA) is 64.5 Å². The summed E-state index contributed by atoms with van der Waals surface area (Å²) in [6.07, 6.45) is 0. The van der Waals surface area contributed by atoms with Gasteiger partial charge in [-0.3, -0.25) is 0 Å². The molecule has 4 heteroatoms. The van der Waals surface area contributed by atoms with Gasteiger partial charge < -0.3 is 20.8 Å². The Kier molecular flexibility index (Phi) is 3.58. The third-order valence-electron chi connectivity index (χ3n) is 3.76. The van der Waals surface area contributed by atoms with Crippen molar-refractivity contribution in [2.75, 3.05) is 13.1 Å². The Balaban J connectivity index is 1.72. The molecular formula is C16H18N2O2. The molecule has 1 heterocycles. The van der Waals surface area contributed by atoms with E-state index < -0.39 is 0 Å². The number of para-hydroxylation sites is 2. The normalized spacial score (nSPS) is 22.6. The molecule has 0 spiro atoms. The number of nitrogens with one attached hydrogen (secondary N) is 2. The van der Waals surface area contributed by atoms with Crippen molar-refractivity contribution in [3.8, 4) is 11.5 Å². The van der Waals surface area contributed by atoms with Crippen molar-refractivity contribution < 1.29 is 10.2 Å². The highest BCUT2D eigenvalue weighted by atomic mass is 16.3. The summed E-state index contributed by atoms with van der Waals surface area (Å²) in [4.78, 5) is 0. The minimum absolute atomic E-state index is 0.0818. The van der Waals surface area contributed by atoms with Crippen molar-refractivity contribution in [2.45, 2.75) is 12.1 Å². The van der Waals surface area contributed by atoms with Crippen molar-refractivity contribution in [3.63, 3.8) is 0 Å². The zero-order chi connectivity index (χ0) is 13.9. The van der Waals surface area contributed by atoms with Crippen LogP contribution in [0.3, 0.4) is 0 Å². The van der Waals surface area contributed by atoms with Gasteiger partial charge in [0, 0.05) is 36.3 Å². The van der Waals surface area contributed by atoms with Crippen LogP contribution >= 0.6 is 0 Å². The lowest BCUT2D eigenvalue weighted by molar-refractivity contribution is 0.340. The standard InChI is InChI=1S/C16H18N2O2/c19-15-7-3-1-5-11(15)13-9-18-14(10-17-13)12-6-2-4-8-16(12)20/h1-8,13-14,17-20H,9-10H2. The van der Waals surface area contributed by atoms with Crippen molar-refractivity contribution >= 4 is 0 Å². The molecule has 0 bridgehead atoms. The smallest absolute Gasteiger partial charge is 0.120 e. The summed E-state index contributed by atoms with van der Waals surface area (Å²) in [5.41, 5.74) is 1.80. The number of aromatic hydroxyl groups is 2. The fourth-order valence-corrected chi connectivity index (χ4v) is 2.67. The lowest BCUT2D eigenvalue weighted by Gasteiger charge is -2.32. The molecule has 2 unspecified atom stereocenters. The van der Waals surface area contributed by atoms with Crippen LogP contribution in [0.25, 0.3) is 0 Å². The Hall–Kier alpha value is -2.04. The lowest BCUT2D eigenvalue weighted by Crippen LogP contribution is -2.45. The van der Waals surface area contributed by atoms with Crippen molar-refractivity contribution in [1.29, 1.82) is 0 Å². The average Bonchev–Trinajstić information content (AvgIpc) is 2.49. The van der Waals surface area contributed by atoms with Crippen LogP contribution in [0.2, 0.25) is 0 Å². The molecule has 1 aliphatic rings. The first-order valence-corrected chi connectivity index (χ1v) is 6.78. The Labute approximate surface area is 118 Å². The molecule has 0 aliphatic carbocycles. The third-order valence-corrected chi connectivity index (χ3v) is 3.76. The Bertz CT molecular complexity index is 539. The highest BCUT2D eigenvalue weighted by molar-refractivity contribution is 5.37. The number of hydrogen-bond donors (Lipinski definition) is 4. The molecule has 1 fully saturated rings. The summed E-state index contributed by atoms with van der Waals surface area (Å²) in [7, 11) is 0. The van der Waals surface area contributed by atoms with E-state index in [0.717, 1.165) is 11.1 Å². The van der Waals surface area contributed by atoms with Gasteiger partial charge in [-0.05, 0) is 12.1 Å². The van der Waals surface area contributed by atoms with E-state index in [9.17, 15) is 10.2 Å². The van der Waals surface area contributed by atoms with Gasteiger partial charge in [0.25, 0.3) is 0 Å². The fraction of sp³-hybridized carbons (Fsp3) is 0.250. The maximum atomic E-state index is 9.88. The SMILES string of the molecule is Oc1ccccc1C1CNC(c2ccccc2O)CN1. The number of benzene rings is 2. The average molecular weight is 270 g/mol.